The van der Waals surface area contributed by atoms with Crippen LogP contribution in [0.25, 0.3) is 9.88 Å². The van der Waals surface area contributed by atoms with Gasteiger partial charge in [-0.25, -0.2) is 9.78 Å². The first-order valence-electron chi connectivity index (χ1n) is 11.1. The van der Waals surface area contributed by atoms with Crippen LogP contribution in [0.1, 0.15) is 60.3 Å². The summed E-state index contributed by atoms with van der Waals surface area (Å²) in [6.45, 7) is 9.52. The van der Waals surface area contributed by atoms with E-state index in [1.54, 1.807) is 25.2 Å². The predicted molar refractivity (Wildman–Crippen MR) is 134 cm³/mol. The zero-order valence-corrected chi connectivity index (χ0v) is 21.5. The van der Waals surface area contributed by atoms with E-state index in [1.807, 2.05) is 62.5 Å². The molecule has 3 aromatic rings. The van der Waals surface area contributed by atoms with Crippen LogP contribution in [-0.2, 0) is 20.8 Å². The number of nitrogens with zero attached hydrogens (tertiary/aromatic N) is 1. The molecule has 0 aliphatic carbocycles. The molecule has 1 amide bonds. The maximum atomic E-state index is 12.7. The van der Waals surface area contributed by atoms with E-state index in [-0.39, 0.29) is 18.1 Å². The summed E-state index contributed by atoms with van der Waals surface area (Å²) in [6.07, 6.45) is -2.32. The monoisotopic (exact) mass is 502 g/mol. The van der Waals surface area contributed by atoms with Crippen molar-refractivity contribution < 1.29 is 24.2 Å². The van der Waals surface area contributed by atoms with E-state index in [1.165, 1.54) is 11.3 Å². The van der Waals surface area contributed by atoms with Crippen molar-refractivity contribution in [3.8, 4) is 9.88 Å². The lowest BCUT2D eigenvalue weighted by atomic mass is 10.0. The standard InChI is InChI=1S/C25H30N2O5S2/c1-14(2)31-21(22(25(29)30)32-15(3)4)18-10-8-17(9-11-18)13-26-23(28)20-16(5)34-24(27-20)19-7-6-12-33-19/h6-12,14-15,21-22H,13H2,1-5H3,(H,26,28)(H,29,30). The number of carboxylic acid groups (broad SMARTS) is 1. The first kappa shape index (κ1) is 26.0. The van der Waals surface area contributed by atoms with Crippen LogP contribution >= 0.6 is 22.7 Å². The number of carbonyl (C=O) groups is 2. The second-order valence-electron chi connectivity index (χ2n) is 8.37. The molecule has 7 nitrogen and oxygen atoms in total. The van der Waals surface area contributed by atoms with Crippen molar-refractivity contribution in [2.24, 2.45) is 0 Å². The molecule has 34 heavy (non-hydrogen) atoms. The van der Waals surface area contributed by atoms with E-state index < -0.39 is 18.2 Å². The van der Waals surface area contributed by atoms with Crippen molar-refractivity contribution in [2.45, 2.75) is 65.6 Å². The maximum absolute atomic E-state index is 12.7. The first-order chi connectivity index (χ1) is 16.2. The quantitative estimate of drug-likeness (QED) is 0.362. The van der Waals surface area contributed by atoms with Crippen LogP contribution in [0.4, 0.5) is 0 Å². The van der Waals surface area contributed by atoms with Gasteiger partial charge in [0.05, 0.1) is 17.1 Å². The van der Waals surface area contributed by atoms with Gasteiger partial charge in [-0.2, -0.15) is 0 Å². The number of nitrogens with one attached hydrogen (secondary N) is 1. The first-order valence-corrected chi connectivity index (χ1v) is 12.8. The van der Waals surface area contributed by atoms with Gasteiger partial charge in [0.25, 0.3) is 5.91 Å². The summed E-state index contributed by atoms with van der Waals surface area (Å²) in [5, 5.41) is 15.5. The van der Waals surface area contributed by atoms with Crippen molar-refractivity contribution in [1.82, 2.24) is 10.3 Å². The Bertz CT molecular complexity index is 1090. The minimum Gasteiger partial charge on any atom is -0.479 e. The fourth-order valence-corrected chi connectivity index (χ4v) is 5.08. The molecule has 2 N–H and O–H groups in total. The average molecular weight is 503 g/mol. The Kier molecular flexibility index (Phi) is 8.96. The molecular formula is C25H30N2O5S2. The Balaban J connectivity index is 1.69. The van der Waals surface area contributed by atoms with Crippen LogP contribution in [0.2, 0.25) is 0 Å². The second kappa shape index (κ2) is 11.7. The third-order valence-electron chi connectivity index (χ3n) is 4.86. The fraction of sp³-hybridized carbons (Fsp3) is 0.400. The summed E-state index contributed by atoms with van der Waals surface area (Å²) >= 11 is 3.10. The summed E-state index contributed by atoms with van der Waals surface area (Å²) in [6, 6.07) is 11.3. The summed E-state index contributed by atoms with van der Waals surface area (Å²) < 4.78 is 11.6. The molecular weight excluding hydrogens is 472 g/mol. The highest BCUT2D eigenvalue weighted by molar-refractivity contribution is 7.21. The third kappa shape index (κ3) is 6.73. The molecule has 0 fully saturated rings. The maximum Gasteiger partial charge on any atom is 0.335 e. The van der Waals surface area contributed by atoms with E-state index in [4.69, 9.17) is 9.47 Å². The number of rotatable bonds is 11. The SMILES string of the molecule is Cc1sc(-c2cccs2)nc1C(=O)NCc1ccc(C(OC(C)C)C(OC(C)C)C(=O)O)cc1. The highest BCUT2D eigenvalue weighted by Crippen LogP contribution is 2.31. The van der Waals surface area contributed by atoms with Gasteiger partial charge in [-0.05, 0) is 57.2 Å². The van der Waals surface area contributed by atoms with Crippen LogP contribution in [0.3, 0.4) is 0 Å². The lowest BCUT2D eigenvalue weighted by Crippen LogP contribution is -2.35. The minimum absolute atomic E-state index is 0.179. The molecule has 2 unspecified atom stereocenters. The molecule has 2 atom stereocenters. The van der Waals surface area contributed by atoms with Crippen LogP contribution < -0.4 is 5.32 Å². The van der Waals surface area contributed by atoms with Gasteiger partial charge >= 0.3 is 5.97 Å². The molecule has 2 aromatic heterocycles. The lowest BCUT2D eigenvalue weighted by molar-refractivity contribution is -0.171. The molecule has 182 valence electrons. The highest BCUT2D eigenvalue weighted by atomic mass is 32.1. The van der Waals surface area contributed by atoms with Gasteiger partial charge < -0.3 is 19.9 Å². The number of amides is 1. The van der Waals surface area contributed by atoms with Gasteiger partial charge in [-0.3, -0.25) is 4.79 Å². The zero-order valence-electron chi connectivity index (χ0n) is 19.9. The molecule has 1 aromatic carbocycles. The molecule has 0 spiro atoms. The lowest BCUT2D eigenvalue weighted by Gasteiger charge is -2.28. The predicted octanol–water partition coefficient (Wildman–Crippen LogP) is 5.45. The Morgan fingerprint density at radius 3 is 2.29 bits per heavy atom. The van der Waals surface area contributed by atoms with Gasteiger partial charge in [0, 0.05) is 11.4 Å². The van der Waals surface area contributed by atoms with E-state index in [2.05, 4.69) is 10.3 Å². The average Bonchev–Trinajstić information content (AvgIpc) is 3.44. The van der Waals surface area contributed by atoms with Gasteiger partial charge in [-0.1, -0.05) is 30.3 Å². The van der Waals surface area contributed by atoms with E-state index in [0.29, 0.717) is 17.8 Å². The molecule has 0 aliphatic heterocycles. The number of hydrogen-bond donors (Lipinski definition) is 2. The normalized spacial score (nSPS) is 13.3. The Hall–Kier alpha value is -2.59. The van der Waals surface area contributed by atoms with Crippen molar-refractivity contribution >= 4 is 34.6 Å². The molecule has 0 aliphatic rings. The number of hydrogen-bond acceptors (Lipinski definition) is 7. The van der Waals surface area contributed by atoms with Gasteiger partial charge in [0.15, 0.2) is 6.10 Å². The van der Waals surface area contributed by atoms with Crippen molar-refractivity contribution in [2.75, 3.05) is 0 Å². The molecule has 3 rings (SSSR count). The van der Waals surface area contributed by atoms with Crippen LogP contribution in [0.5, 0.6) is 0 Å². The number of thiazole rings is 1. The summed E-state index contributed by atoms with van der Waals surface area (Å²) in [7, 11) is 0. The van der Waals surface area contributed by atoms with Crippen LogP contribution in [0.15, 0.2) is 41.8 Å². The fourth-order valence-electron chi connectivity index (χ4n) is 3.37. The highest BCUT2D eigenvalue weighted by Gasteiger charge is 2.33. The Morgan fingerprint density at radius 1 is 1.06 bits per heavy atom. The van der Waals surface area contributed by atoms with Crippen LogP contribution in [0, 0.1) is 6.92 Å². The number of aliphatic carboxylic acids is 1. The molecule has 0 radical (unpaired) electrons. The Morgan fingerprint density at radius 2 is 1.74 bits per heavy atom. The molecule has 9 heteroatoms. The number of ether oxygens (including phenoxy) is 2. The van der Waals surface area contributed by atoms with Crippen LogP contribution in [-0.4, -0.2) is 40.3 Å². The Labute approximate surface area is 207 Å². The zero-order chi connectivity index (χ0) is 24.8. The smallest absolute Gasteiger partial charge is 0.335 e. The summed E-state index contributed by atoms with van der Waals surface area (Å²) in [5.74, 6) is -1.30. The molecule has 0 saturated carbocycles. The molecule has 0 saturated heterocycles. The molecule has 2 heterocycles. The number of aromatic nitrogens is 1. The van der Waals surface area contributed by atoms with Crippen molar-refractivity contribution in [3.63, 3.8) is 0 Å². The topological polar surface area (TPSA) is 97.8 Å². The van der Waals surface area contributed by atoms with Gasteiger partial charge in [-0.15, -0.1) is 22.7 Å². The number of benzene rings is 1. The number of aryl methyl sites for hydroxylation is 1. The van der Waals surface area contributed by atoms with Gasteiger partial charge in [0.2, 0.25) is 0 Å². The number of carbonyl (C=O) groups excluding carboxylic acids is 1. The minimum atomic E-state index is -1.13. The van der Waals surface area contributed by atoms with E-state index in [0.717, 1.165) is 20.3 Å². The van der Waals surface area contributed by atoms with Crippen molar-refractivity contribution in [3.05, 3.63) is 63.5 Å². The van der Waals surface area contributed by atoms with E-state index >= 15 is 0 Å². The van der Waals surface area contributed by atoms with E-state index in [9.17, 15) is 14.7 Å². The number of carboxylic acids is 1. The second-order valence-corrected chi connectivity index (χ2v) is 10.5. The number of thiophene rings is 1. The van der Waals surface area contributed by atoms with Gasteiger partial charge in [0.1, 0.15) is 16.8 Å². The third-order valence-corrected chi connectivity index (χ3v) is 6.87. The summed E-state index contributed by atoms with van der Waals surface area (Å²) in [4.78, 5) is 31.0. The molecule has 0 bridgehead atoms. The summed E-state index contributed by atoms with van der Waals surface area (Å²) in [5.41, 5.74) is 2.02. The van der Waals surface area contributed by atoms with Crippen molar-refractivity contribution in [1.29, 1.82) is 0 Å². The largest absolute Gasteiger partial charge is 0.479 e.